The van der Waals surface area contributed by atoms with E-state index in [1.165, 1.54) is 0 Å². The average molecular weight is 382 g/mol. The smallest absolute Gasteiger partial charge is 0.260 e. The quantitative estimate of drug-likeness (QED) is 0.614. The predicted octanol–water partition coefficient (Wildman–Crippen LogP) is 4.82. The van der Waals surface area contributed by atoms with Crippen molar-refractivity contribution >= 4 is 32.6 Å². The fourth-order valence-electron chi connectivity index (χ4n) is 3.13. The zero-order chi connectivity index (χ0) is 19.6. The molecule has 0 aliphatic heterocycles. The lowest BCUT2D eigenvalue weighted by Gasteiger charge is -2.22. The van der Waals surface area contributed by atoms with Gasteiger partial charge in [0, 0.05) is 12.1 Å². The Bertz CT molecular complexity index is 961. The highest BCUT2D eigenvalue weighted by Crippen LogP contribution is 2.32. The first-order chi connectivity index (χ1) is 12.9. The minimum atomic E-state index is 0.0339. The van der Waals surface area contributed by atoms with E-state index in [9.17, 15) is 4.79 Å². The highest BCUT2D eigenvalue weighted by molar-refractivity contribution is 7.22. The van der Waals surface area contributed by atoms with Gasteiger partial charge >= 0.3 is 0 Å². The van der Waals surface area contributed by atoms with Gasteiger partial charge in [-0.05, 0) is 71.1 Å². The van der Waals surface area contributed by atoms with Crippen LogP contribution in [0.4, 0.5) is 5.13 Å². The number of anilines is 1. The second-order valence-electron chi connectivity index (χ2n) is 7.35. The summed E-state index contributed by atoms with van der Waals surface area (Å²) in [5.41, 5.74) is 4.99. The summed E-state index contributed by atoms with van der Waals surface area (Å²) in [4.78, 5) is 22.3. The summed E-state index contributed by atoms with van der Waals surface area (Å²) in [6.45, 7) is 7.67. The van der Waals surface area contributed by atoms with Crippen LogP contribution in [-0.2, 0) is 0 Å². The molecule has 3 aromatic rings. The van der Waals surface area contributed by atoms with Crippen LogP contribution in [0.25, 0.3) is 10.2 Å². The first-order valence-electron chi connectivity index (χ1n) is 9.27. The third-order valence-corrected chi connectivity index (χ3v) is 5.74. The van der Waals surface area contributed by atoms with Gasteiger partial charge in [0.2, 0.25) is 0 Å². The second kappa shape index (κ2) is 8.19. The molecule has 0 unspecified atom stereocenters. The number of hydrogen-bond acceptors (Lipinski definition) is 4. The molecule has 1 amide bonds. The van der Waals surface area contributed by atoms with Crippen molar-refractivity contribution in [3.05, 3.63) is 58.7 Å². The van der Waals surface area contributed by atoms with E-state index in [0.29, 0.717) is 6.54 Å². The first-order valence-corrected chi connectivity index (χ1v) is 10.1. The van der Waals surface area contributed by atoms with Crippen molar-refractivity contribution in [1.82, 2.24) is 9.88 Å². The van der Waals surface area contributed by atoms with Gasteiger partial charge < -0.3 is 4.90 Å². The van der Waals surface area contributed by atoms with Crippen molar-refractivity contribution < 1.29 is 4.79 Å². The van der Waals surface area contributed by atoms with E-state index in [1.807, 2.05) is 43.0 Å². The van der Waals surface area contributed by atoms with Gasteiger partial charge in [-0.25, -0.2) is 4.98 Å². The number of fused-ring (bicyclic) bond motifs is 1. The lowest BCUT2D eigenvalue weighted by Crippen LogP contribution is -2.34. The Labute approximate surface area is 165 Å². The van der Waals surface area contributed by atoms with Crippen LogP contribution in [0, 0.1) is 20.8 Å². The second-order valence-corrected chi connectivity index (χ2v) is 8.36. The summed E-state index contributed by atoms with van der Waals surface area (Å²) in [6, 6.07) is 12.2. The molecule has 1 aromatic heterocycles. The van der Waals surface area contributed by atoms with E-state index in [2.05, 4.69) is 38.1 Å². The molecule has 0 bridgehead atoms. The number of amides is 1. The standard InChI is InChI=1S/C22H27N3OS/c1-15-10-11-16(2)18(14-15)21(26)25(13-7-12-24(4)5)22-23-20-17(3)8-6-9-19(20)27-22/h6,8-11,14H,7,12-13H2,1-5H3. The number of nitrogens with zero attached hydrogens (tertiary/aromatic N) is 3. The van der Waals surface area contributed by atoms with Crippen LogP contribution < -0.4 is 4.90 Å². The fraction of sp³-hybridized carbons (Fsp3) is 0.364. The molecule has 0 atom stereocenters. The number of aryl methyl sites for hydroxylation is 3. The summed E-state index contributed by atoms with van der Waals surface area (Å²) >= 11 is 1.59. The van der Waals surface area contributed by atoms with Crippen LogP contribution in [0.1, 0.15) is 33.5 Å². The topological polar surface area (TPSA) is 36.4 Å². The van der Waals surface area contributed by atoms with Crippen molar-refractivity contribution in [3.8, 4) is 0 Å². The number of thiazole rings is 1. The Balaban J connectivity index is 2.00. The van der Waals surface area contributed by atoms with E-state index in [4.69, 9.17) is 4.98 Å². The average Bonchev–Trinajstić information content (AvgIpc) is 3.05. The zero-order valence-corrected chi connectivity index (χ0v) is 17.6. The zero-order valence-electron chi connectivity index (χ0n) is 16.7. The molecule has 0 N–H and O–H groups in total. The van der Waals surface area contributed by atoms with Crippen LogP contribution in [0.2, 0.25) is 0 Å². The van der Waals surface area contributed by atoms with Crippen LogP contribution in [0.5, 0.6) is 0 Å². The van der Waals surface area contributed by atoms with Gasteiger partial charge in [-0.3, -0.25) is 9.69 Å². The van der Waals surface area contributed by atoms with E-state index in [0.717, 1.165) is 50.6 Å². The molecule has 142 valence electrons. The molecule has 0 saturated carbocycles. The summed E-state index contributed by atoms with van der Waals surface area (Å²) in [5.74, 6) is 0.0339. The minimum Gasteiger partial charge on any atom is -0.309 e. The Morgan fingerprint density at radius 3 is 2.52 bits per heavy atom. The maximum absolute atomic E-state index is 13.4. The van der Waals surface area contributed by atoms with Crippen LogP contribution in [0.15, 0.2) is 36.4 Å². The largest absolute Gasteiger partial charge is 0.309 e. The Morgan fingerprint density at radius 2 is 1.81 bits per heavy atom. The maximum atomic E-state index is 13.4. The molecule has 0 aliphatic carbocycles. The van der Waals surface area contributed by atoms with Crippen LogP contribution in [-0.4, -0.2) is 43.0 Å². The van der Waals surface area contributed by atoms with Crippen LogP contribution >= 0.6 is 11.3 Å². The summed E-state index contributed by atoms with van der Waals surface area (Å²) < 4.78 is 1.12. The SMILES string of the molecule is Cc1ccc(C)c(C(=O)N(CCCN(C)C)c2nc3c(C)cccc3s2)c1. The number of rotatable bonds is 6. The molecule has 4 nitrogen and oxygen atoms in total. The maximum Gasteiger partial charge on any atom is 0.260 e. The van der Waals surface area contributed by atoms with Gasteiger partial charge in [0.05, 0.1) is 10.2 Å². The van der Waals surface area contributed by atoms with Crippen molar-refractivity contribution in [3.63, 3.8) is 0 Å². The molecule has 2 aromatic carbocycles. The summed E-state index contributed by atoms with van der Waals surface area (Å²) in [6.07, 6.45) is 0.901. The molecule has 0 radical (unpaired) electrons. The van der Waals surface area contributed by atoms with Gasteiger partial charge in [-0.2, -0.15) is 0 Å². The number of aromatic nitrogens is 1. The lowest BCUT2D eigenvalue weighted by atomic mass is 10.0. The minimum absolute atomic E-state index is 0.0339. The molecular formula is C22H27N3OS. The Kier molecular flexibility index (Phi) is 5.92. The first kappa shape index (κ1) is 19.5. The Hall–Kier alpha value is -2.24. The lowest BCUT2D eigenvalue weighted by molar-refractivity contribution is 0.0985. The molecule has 0 fully saturated rings. The van der Waals surface area contributed by atoms with Gasteiger partial charge in [0.1, 0.15) is 0 Å². The molecule has 1 heterocycles. The summed E-state index contributed by atoms with van der Waals surface area (Å²) in [7, 11) is 4.11. The van der Waals surface area contributed by atoms with Crippen molar-refractivity contribution in [2.75, 3.05) is 32.1 Å². The summed E-state index contributed by atoms with van der Waals surface area (Å²) in [5, 5.41) is 0.781. The number of carbonyl (C=O) groups is 1. The van der Waals surface area contributed by atoms with Crippen molar-refractivity contribution in [1.29, 1.82) is 0 Å². The monoisotopic (exact) mass is 381 g/mol. The third-order valence-electron chi connectivity index (χ3n) is 4.70. The van der Waals surface area contributed by atoms with Crippen molar-refractivity contribution in [2.45, 2.75) is 27.2 Å². The van der Waals surface area contributed by atoms with Gasteiger partial charge in [-0.15, -0.1) is 0 Å². The normalized spacial score (nSPS) is 11.3. The van der Waals surface area contributed by atoms with Gasteiger partial charge in [-0.1, -0.05) is 41.2 Å². The number of hydrogen-bond donors (Lipinski definition) is 0. The molecule has 0 aliphatic rings. The van der Waals surface area contributed by atoms with Gasteiger partial charge in [0.25, 0.3) is 5.91 Å². The fourth-order valence-corrected chi connectivity index (χ4v) is 4.20. The van der Waals surface area contributed by atoms with E-state index >= 15 is 0 Å². The molecule has 0 saturated heterocycles. The number of benzene rings is 2. The van der Waals surface area contributed by atoms with Crippen molar-refractivity contribution in [2.24, 2.45) is 0 Å². The number of para-hydroxylation sites is 1. The molecular weight excluding hydrogens is 354 g/mol. The third kappa shape index (κ3) is 4.37. The molecule has 27 heavy (non-hydrogen) atoms. The van der Waals surface area contributed by atoms with E-state index in [1.54, 1.807) is 11.3 Å². The predicted molar refractivity (Wildman–Crippen MR) is 115 cm³/mol. The molecule has 3 rings (SSSR count). The highest BCUT2D eigenvalue weighted by Gasteiger charge is 2.23. The molecule has 0 spiro atoms. The molecule has 5 heteroatoms. The highest BCUT2D eigenvalue weighted by atomic mass is 32.1. The van der Waals surface area contributed by atoms with Crippen LogP contribution in [0.3, 0.4) is 0 Å². The van der Waals surface area contributed by atoms with E-state index in [-0.39, 0.29) is 5.91 Å². The Morgan fingerprint density at radius 1 is 1.04 bits per heavy atom. The number of carbonyl (C=O) groups excluding carboxylic acids is 1. The van der Waals surface area contributed by atoms with E-state index < -0.39 is 0 Å². The van der Waals surface area contributed by atoms with Gasteiger partial charge in [0.15, 0.2) is 5.13 Å².